The molecule has 0 fully saturated rings. The van der Waals surface area contributed by atoms with Crippen molar-refractivity contribution >= 4 is 15.9 Å². The Morgan fingerprint density at radius 2 is 2.18 bits per heavy atom. The molecule has 0 aliphatic carbocycles. The summed E-state index contributed by atoms with van der Waals surface area (Å²) in [7, 11) is -3.39. The lowest BCUT2D eigenvalue weighted by atomic mass is 10.2. The molecular formula is C11H13NO4S. The molecule has 0 atom stereocenters. The van der Waals surface area contributed by atoms with Gasteiger partial charge in [0.05, 0.1) is 0 Å². The van der Waals surface area contributed by atoms with Crippen LogP contribution in [0.2, 0.25) is 0 Å². The van der Waals surface area contributed by atoms with Gasteiger partial charge in [-0.1, -0.05) is 12.2 Å². The first-order valence-corrected chi connectivity index (χ1v) is 6.92. The van der Waals surface area contributed by atoms with E-state index in [-0.39, 0.29) is 17.4 Å². The standard InChI is InChI=1S/C11H13NO4S/c1-17(13,14)11-8(3-2-6-12)4-5-9-10(11)16-7-15-9/h2-5H,6-7,12H2,1H3/b3-2+. The Kier molecular flexibility index (Phi) is 3.08. The van der Waals surface area contributed by atoms with E-state index in [9.17, 15) is 8.42 Å². The summed E-state index contributed by atoms with van der Waals surface area (Å²) in [6.07, 6.45) is 4.49. The number of hydrogen-bond donors (Lipinski definition) is 1. The number of rotatable bonds is 3. The Bertz CT molecular complexity index is 563. The minimum atomic E-state index is -3.39. The third-order valence-corrected chi connectivity index (χ3v) is 3.49. The normalized spacial score (nSPS) is 14.5. The lowest BCUT2D eigenvalue weighted by Crippen LogP contribution is -2.03. The molecule has 92 valence electrons. The molecule has 0 unspecified atom stereocenters. The van der Waals surface area contributed by atoms with Gasteiger partial charge in [-0.2, -0.15) is 0 Å². The Hall–Kier alpha value is -1.53. The molecule has 1 heterocycles. The van der Waals surface area contributed by atoms with E-state index in [2.05, 4.69) is 0 Å². The van der Waals surface area contributed by atoms with Crippen molar-refractivity contribution in [3.05, 3.63) is 23.8 Å². The van der Waals surface area contributed by atoms with Crippen LogP contribution < -0.4 is 15.2 Å². The van der Waals surface area contributed by atoms with Crippen molar-refractivity contribution in [3.8, 4) is 11.5 Å². The molecule has 0 saturated heterocycles. The summed E-state index contributed by atoms with van der Waals surface area (Å²) in [6, 6.07) is 3.36. The van der Waals surface area contributed by atoms with Gasteiger partial charge in [0.2, 0.25) is 6.79 Å². The zero-order valence-electron chi connectivity index (χ0n) is 9.34. The van der Waals surface area contributed by atoms with Crippen LogP contribution in [0, 0.1) is 0 Å². The quantitative estimate of drug-likeness (QED) is 0.864. The number of ether oxygens (including phenoxy) is 2. The average Bonchev–Trinajstić information content (AvgIpc) is 2.71. The molecule has 0 amide bonds. The first-order chi connectivity index (χ1) is 8.04. The van der Waals surface area contributed by atoms with Crippen LogP contribution in [-0.4, -0.2) is 28.0 Å². The largest absolute Gasteiger partial charge is 0.454 e. The Labute approximate surface area is 99.8 Å². The van der Waals surface area contributed by atoms with Crippen LogP contribution in [0.5, 0.6) is 11.5 Å². The first-order valence-electron chi connectivity index (χ1n) is 5.03. The van der Waals surface area contributed by atoms with E-state index < -0.39 is 9.84 Å². The van der Waals surface area contributed by atoms with Gasteiger partial charge in [-0.25, -0.2) is 8.42 Å². The number of nitrogens with two attached hydrogens (primary N) is 1. The van der Waals surface area contributed by atoms with Gasteiger partial charge in [0.1, 0.15) is 4.90 Å². The van der Waals surface area contributed by atoms with Crippen molar-refractivity contribution < 1.29 is 17.9 Å². The number of sulfone groups is 1. The molecular weight excluding hydrogens is 242 g/mol. The van der Waals surface area contributed by atoms with E-state index >= 15 is 0 Å². The SMILES string of the molecule is CS(=O)(=O)c1c(/C=C/CN)ccc2c1OCO2. The van der Waals surface area contributed by atoms with E-state index in [0.717, 1.165) is 6.26 Å². The fraction of sp³-hybridized carbons (Fsp3) is 0.273. The van der Waals surface area contributed by atoms with Crippen molar-refractivity contribution in [3.63, 3.8) is 0 Å². The molecule has 0 bridgehead atoms. The zero-order chi connectivity index (χ0) is 12.5. The van der Waals surface area contributed by atoms with Crippen LogP contribution in [0.1, 0.15) is 5.56 Å². The van der Waals surface area contributed by atoms with Crippen LogP contribution in [0.15, 0.2) is 23.1 Å². The molecule has 5 nitrogen and oxygen atoms in total. The number of benzene rings is 1. The van der Waals surface area contributed by atoms with Gasteiger partial charge in [0.15, 0.2) is 21.3 Å². The van der Waals surface area contributed by atoms with Gasteiger partial charge >= 0.3 is 0 Å². The molecule has 1 aliphatic rings. The minimum absolute atomic E-state index is 0.0436. The lowest BCUT2D eigenvalue weighted by molar-refractivity contribution is 0.172. The van der Waals surface area contributed by atoms with Gasteiger partial charge in [-0.05, 0) is 17.7 Å². The molecule has 1 aromatic rings. The number of hydrogen-bond acceptors (Lipinski definition) is 5. The molecule has 0 spiro atoms. The molecule has 2 rings (SSSR count). The van der Waals surface area contributed by atoms with E-state index in [1.165, 1.54) is 0 Å². The summed E-state index contributed by atoms with van der Waals surface area (Å²) in [6.45, 7) is 0.388. The smallest absolute Gasteiger partial charge is 0.231 e. The molecule has 0 radical (unpaired) electrons. The van der Waals surface area contributed by atoms with E-state index in [1.54, 1.807) is 24.3 Å². The van der Waals surface area contributed by atoms with E-state index in [1.807, 2.05) is 0 Å². The Morgan fingerprint density at radius 1 is 1.41 bits per heavy atom. The lowest BCUT2D eigenvalue weighted by Gasteiger charge is -2.07. The second-order valence-electron chi connectivity index (χ2n) is 3.63. The maximum absolute atomic E-state index is 11.8. The van der Waals surface area contributed by atoms with Crippen LogP contribution >= 0.6 is 0 Å². The fourth-order valence-electron chi connectivity index (χ4n) is 1.67. The highest BCUT2D eigenvalue weighted by Crippen LogP contribution is 2.40. The van der Waals surface area contributed by atoms with Crippen molar-refractivity contribution in [2.24, 2.45) is 5.73 Å². The monoisotopic (exact) mass is 255 g/mol. The fourth-order valence-corrected chi connectivity index (χ4v) is 2.73. The molecule has 1 aromatic carbocycles. The van der Waals surface area contributed by atoms with Gasteiger partial charge in [0.25, 0.3) is 0 Å². The minimum Gasteiger partial charge on any atom is -0.454 e. The predicted octanol–water partition coefficient (Wildman–Crippen LogP) is 0.791. The highest BCUT2D eigenvalue weighted by Gasteiger charge is 2.26. The maximum Gasteiger partial charge on any atom is 0.231 e. The second-order valence-corrected chi connectivity index (χ2v) is 5.58. The van der Waals surface area contributed by atoms with E-state index in [4.69, 9.17) is 15.2 Å². The summed E-state index contributed by atoms with van der Waals surface area (Å²) < 4.78 is 33.9. The predicted molar refractivity (Wildman–Crippen MR) is 63.8 cm³/mol. The maximum atomic E-state index is 11.8. The highest BCUT2D eigenvalue weighted by molar-refractivity contribution is 7.90. The van der Waals surface area contributed by atoms with E-state index in [0.29, 0.717) is 17.9 Å². The van der Waals surface area contributed by atoms with Gasteiger partial charge in [-0.15, -0.1) is 0 Å². The van der Waals surface area contributed by atoms with Crippen LogP contribution in [0.3, 0.4) is 0 Å². The molecule has 1 aliphatic heterocycles. The topological polar surface area (TPSA) is 78.6 Å². The summed E-state index contributed by atoms with van der Waals surface area (Å²) in [4.78, 5) is 0.150. The summed E-state index contributed by atoms with van der Waals surface area (Å²) >= 11 is 0. The van der Waals surface area contributed by atoms with Gasteiger partial charge in [0, 0.05) is 12.8 Å². The molecule has 0 saturated carbocycles. The van der Waals surface area contributed by atoms with Gasteiger partial charge in [-0.3, -0.25) is 0 Å². The van der Waals surface area contributed by atoms with Crippen LogP contribution in [0.25, 0.3) is 6.08 Å². The first kappa shape index (κ1) is 11.9. The van der Waals surface area contributed by atoms with Crippen molar-refractivity contribution in [2.45, 2.75) is 4.90 Å². The summed E-state index contributed by atoms with van der Waals surface area (Å²) in [5, 5.41) is 0. The third kappa shape index (κ3) is 2.27. The molecule has 0 aromatic heterocycles. The Balaban J connectivity index is 2.65. The molecule has 6 heteroatoms. The molecule has 2 N–H and O–H groups in total. The zero-order valence-corrected chi connectivity index (χ0v) is 10.2. The highest BCUT2D eigenvalue weighted by atomic mass is 32.2. The average molecular weight is 255 g/mol. The van der Waals surface area contributed by atoms with Gasteiger partial charge < -0.3 is 15.2 Å². The Morgan fingerprint density at radius 3 is 2.82 bits per heavy atom. The van der Waals surface area contributed by atoms with Crippen molar-refractivity contribution in [1.29, 1.82) is 0 Å². The molecule has 17 heavy (non-hydrogen) atoms. The summed E-state index contributed by atoms with van der Waals surface area (Å²) in [5.74, 6) is 0.738. The summed E-state index contributed by atoms with van der Waals surface area (Å²) in [5.41, 5.74) is 5.91. The van der Waals surface area contributed by atoms with Crippen molar-refractivity contribution in [1.82, 2.24) is 0 Å². The second kappa shape index (κ2) is 4.38. The third-order valence-electron chi connectivity index (χ3n) is 2.33. The number of fused-ring (bicyclic) bond motifs is 1. The van der Waals surface area contributed by atoms with Crippen LogP contribution in [-0.2, 0) is 9.84 Å². The van der Waals surface area contributed by atoms with Crippen molar-refractivity contribution in [2.75, 3.05) is 19.6 Å². The van der Waals surface area contributed by atoms with Crippen LogP contribution in [0.4, 0.5) is 0 Å².